The van der Waals surface area contributed by atoms with Gasteiger partial charge in [-0.3, -0.25) is 0 Å². The summed E-state index contributed by atoms with van der Waals surface area (Å²) in [4.78, 5) is 10.0. The predicted molar refractivity (Wildman–Crippen MR) is 218 cm³/mol. The molecule has 3 heterocycles. The quantitative estimate of drug-likeness (QED) is 0.123. The van der Waals surface area contributed by atoms with Gasteiger partial charge in [-0.15, -0.1) is 11.8 Å². The van der Waals surface area contributed by atoms with Crippen LogP contribution in [0.4, 0.5) is 17.1 Å². The fourth-order valence-electron chi connectivity index (χ4n) is 9.39. The average molecular weight is 720 g/mol. The largest absolute Gasteiger partial charge is 0.472 e. The Labute approximate surface area is 317 Å². The number of ether oxygens (including phenoxy) is 3. The van der Waals surface area contributed by atoms with Crippen LogP contribution >= 0.6 is 11.8 Å². The fourth-order valence-corrected chi connectivity index (χ4v) is 10.0. The Morgan fingerprint density at radius 3 is 2.11 bits per heavy atom. The molecular formula is C46H45N3O3S. The summed E-state index contributed by atoms with van der Waals surface area (Å²) in [5.74, 6) is 0.927. The molecule has 1 unspecified atom stereocenters. The minimum absolute atomic E-state index is 0.263. The van der Waals surface area contributed by atoms with E-state index >= 15 is 0 Å². The molecule has 0 saturated carbocycles. The van der Waals surface area contributed by atoms with Gasteiger partial charge in [0, 0.05) is 64.3 Å². The van der Waals surface area contributed by atoms with Crippen LogP contribution < -0.4 is 14.5 Å². The van der Waals surface area contributed by atoms with E-state index < -0.39 is 5.60 Å². The third-order valence-corrected chi connectivity index (χ3v) is 12.9. The number of nitrogens with zero attached hydrogens (tertiary/aromatic N) is 3. The molecule has 4 aliphatic rings. The van der Waals surface area contributed by atoms with Crippen LogP contribution in [0.25, 0.3) is 32.8 Å². The molecular weight excluding hydrogens is 675 g/mol. The van der Waals surface area contributed by atoms with Crippen molar-refractivity contribution in [3.8, 4) is 16.9 Å². The molecule has 6 nitrogen and oxygen atoms in total. The Bertz CT molecular complexity index is 2260. The first-order valence-corrected chi connectivity index (χ1v) is 20.2. The van der Waals surface area contributed by atoms with E-state index in [4.69, 9.17) is 20.8 Å². The molecule has 0 radical (unpaired) electrons. The second kappa shape index (κ2) is 13.6. The molecule has 3 aliphatic heterocycles. The first-order chi connectivity index (χ1) is 26.0. The highest BCUT2D eigenvalue weighted by molar-refractivity contribution is 7.98. The molecule has 1 atom stereocenters. The van der Waals surface area contributed by atoms with Gasteiger partial charge in [-0.2, -0.15) is 0 Å². The molecule has 53 heavy (non-hydrogen) atoms. The van der Waals surface area contributed by atoms with Crippen LogP contribution in [-0.2, 0) is 20.5 Å². The minimum Gasteiger partial charge on any atom is -0.472 e. The Kier molecular flexibility index (Phi) is 8.73. The van der Waals surface area contributed by atoms with Crippen LogP contribution in [0.2, 0.25) is 0 Å². The van der Waals surface area contributed by atoms with E-state index in [2.05, 4.69) is 126 Å². The van der Waals surface area contributed by atoms with E-state index in [1.807, 2.05) is 6.07 Å². The van der Waals surface area contributed by atoms with E-state index in [1.54, 1.807) is 11.8 Å². The molecule has 5 aromatic rings. The molecule has 5 aromatic carbocycles. The molecule has 0 aromatic heterocycles. The minimum atomic E-state index is -0.842. The Balaban J connectivity index is 1.32. The van der Waals surface area contributed by atoms with Crippen LogP contribution in [0.15, 0.2) is 95.9 Å². The van der Waals surface area contributed by atoms with Crippen LogP contribution in [0, 0.1) is 6.57 Å². The van der Waals surface area contributed by atoms with E-state index in [0.717, 1.165) is 93.3 Å². The summed E-state index contributed by atoms with van der Waals surface area (Å²) in [6.45, 7) is 19.0. The highest BCUT2D eigenvalue weighted by Gasteiger charge is 2.47. The van der Waals surface area contributed by atoms with Gasteiger partial charge in [0.15, 0.2) is 11.3 Å². The third kappa shape index (κ3) is 5.29. The number of morpholine rings is 2. The van der Waals surface area contributed by atoms with Gasteiger partial charge in [-0.1, -0.05) is 80.6 Å². The van der Waals surface area contributed by atoms with Crippen LogP contribution in [-0.4, -0.2) is 58.9 Å². The van der Waals surface area contributed by atoms with Gasteiger partial charge in [0.25, 0.3) is 0 Å². The molecule has 9 rings (SSSR count). The van der Waals surface area contributed by atoms with Crippen molar-refractivity contribution < 1.29 is 14.2 Å². The average Bonchev–Trinajstić information content (AvgIpc) is 3.54. The lowest BCUT2D eigenvalue weighted by Crippen LogP contribution is -2.37. The van der Waals surface area contributed by atoms with E-state index in [-0.39, 0.29) is 5.41 Å². The summed E-state index contributed by atoms with van der Waals surface area (Å²) in [5, 5.41) is 2.33. The number of benzene rings is 5. The van der Waals surface area contributed by atoms with Crippen LogP contribution in [0.1, 0.15) is 54.5 Å². The lowest BCUT2D eigenvalue weighted by atomic mass is 9.71. The number of hydrogen-bond acceptors (Lipinski definition) is 6. The second-order valence-electron chi connectivity index (χ2n) is 14.5. The van der Waals surface area contributed by atoms with Gasteiger partial charge in [0.2, 0.25) is 0 Å². The van der Waals surface area contributed by atoms with Gasteiger partial charge < -0.3 is 24.0 Å². The molecule has 0 N–H and O–H groups in total. The molecule has 1 aliphatic carbocycles. The fraction of sp³-hybridized carbons (Fsp3) is 0.326. The zero-order chi connectivity index (χ0) is 36.2. The number of rotatable bonds is 7. The molecule has 7 heteroatoms. The number of thioether (sulfide) groups is 1. The molecule has 0 spiro atoms. The highest BCUT2D eigenvalue weighted by Crippen LogP contribution is 2.61. The van der Waals surface area contributed by atoms with Crippen molar-refractivity contribution in [2.45, 2.75) is 42.6 Å². The number of anilines is 2. The molecule has 2 saturated heterocycles. The van der Waals surface area contributed by atoms with Crippen LogP contribution in [0.3, 0.4) is 0 Å². The van der Waals surface area contributed by atoms with Crippen molar-refractivity contribution in [3.05, 3.63) is 130 Å². The molecule has 268 valence electrons. The van der Waals surface area contributed by atoms with Gasteiger partial charge in [0.05, 0.1) is 38.7 Å². The Morgan fingerprint density at radius 2 is 1.45 bits per heavy atom. The predicted octanol–water partition coefficient (Wildman–Crippen LogP) is 10.2. The van der Waals surface area contributed by atoms with Crippen molar-refractivity contribution in [1.29, 1.82) is 0 Å². The summed E-state index contributed by atoms with van der Waals surface area (Å²) >= 11 is 1.79. The lowest BCUT2D eigenvalue weighted by Gasteiger charge is -2.40. The molecule has 0 amide bonds. The Hall–Kier alpha value is -4.74. The lowest BCUT2D eigenvalue weighted by molar-refractivity contribution is 0.122. The van der Waals surface area contributed by atoms with Gasteiger partial charge in [-0.05, 0) is 77.1 Å². The summed E-state index contributed by atoms with van der Waals surface area (Å²) in [5.41, 5.74) is 10.5. The maximum atomic E-state index is 7.93. The monoisotopic (exact) mass is 719 g/mol. The summed E-state index contributed by atoms with van der Waals surface area (Å²) in [6.07, 6.45) is 8.67. The number of fused-ring (bicyclic) bond motifs is 8. The summed E-state index contributed by atoms with van der Waals surface area (Å²) < 4.78 is 19.2. The maximum Gasteiger partial charge on any atom is 0.187 e. The molecule has 0 bridgehead atoms. The standard InChI is InChI=1S/C46H45N3O3S/c1-5-45(6-2)39-28-33(47-3)14-17-35(39)42-37-29-40(49-22-26-51-27-23-49)41(53-4)30-38(37)44-36(43(42)45)18-19-46(52-44,31-10-8-7-9-11-31)32-12-15-34(16-13-32)48-20-24-50-25-21-48/h7-19,28-30H,5-6,20-27H2,1-2,4H3. The maximum absolute atomic E-state index is 7.93. The normalized spacial score (nSPS) is 20.0. The van der Waals surface area contributed by atoms with Crippen molar-refractivity contribution in [2.75, 3.05) is 68.7 Å². The number of hydrogen-bond donors (Lipinski definition) is 0. The van der Waals surface area contributed by atoms with Crippen molar-refractivity contribution in [1.82, 2.24) is 0 Å². The second-order valence-corrected chi connectivity index (χ2v) is 15.3. The topological polar surface area (TPSA) is 38.5 Å². The Morgan fingerprint density at radius 1 is 0.774 bits per heavy atom. The summed E-state index contributed by atoms with van der Waals surface area (Å²) in [6, 6.07) is 30.8. The van der Waals surface area contributed by atoms with Crippen molar-refractivity contribution in [3.63, 3.8) is 0 Å². The van der Waals surface area contributed by atoms with E-state index in [0.29, 0.717) is 5.69 Å². The zero-order valence-electron chi connectivity index (χ0n) is 30.8. The first kappa shape index (κ1) is 34.1. The van der Waals surface area contributed by atoms with Crippen LogP contribution in [0.5, 0.6) is 5.75 Å². The van der Waals surface area contributed by atoms with Gasteiger partial charge >= 0.3 is 0 Å². The van der Waals surface area contributed by atoms with Crippen molar-refractivity contribution in [2.24, 2.45) is 0 Å². The van der Waals surface area contributed by atoms with Gasteiger partial charge in [0.1, 0.15) is 5.75 Å². The smallest absolute Gasteiger partial charge is 0.187 e. The summed E-state index contributed by atoms with van der Waals surface area (Å²) in [7, 11) is 0. The zero-order valence-corrected chi connectivity index (χ0v) is 31.6. The first-order valence-electron chi connectivity index (χ1n) is 19.0. The van der Waals surface area contributed by atoms with E-state index in [9.17, 15) is 0 Å². The van der Waals surface area contributed by atoms with Gasteiger partial charge in [-0.25, -0.2) is 4.85 Å². The van der Waals surface area contributed by atoms with E-state index in [1.165, 1.54) is 43.9 Å². The molecule has 2 fully saturated rings. The SMILES string of the molecule is [C-]#[N+]c1ccc2c(c1)C(CC)(CC)c1c3c(c4cc(SC)c(N5CCOCC5)cc4c1-2)OC(c1ccccc1)(c1ccc(N2CCOCC2)cc1)C=C3. The third-order valence-electron chi connectivity index (χ3n) is 12.2. The highest BCUT2D eigenvalue weighted by atomic mass is 32.2. The van der Waals surface area contributed by atoms with Crippen molar-refractivity contribution >= 4 is 45.7 Å².